The van der Waals surface area contributed by atoms with Crippen LogP contribution >= 0.6 is 0 Å². The zero-order valence-electron chi connectivity index (χ0n) is 10.4. The number of aromatic hydroxyl groups is 1. The van der Waals surface area contributed by atoms with Crippen LogP contribution in [0.3, 0.4) is 0 Å². The molecule has 0 aliphatic rings. The molecule has 0 radical (unpaired) electrons. The lowest BCUT2D eigenvalue weighted by molar-refractivity contribution is 0.0285. The highest BCUT2D eigenvalue weighted by Gasteiger charge is 2.25. The van der Waals surface area contributed by atoms with Crippen LogP contribution < -0.4 is 0 Å². The quantitative estimate of drug-likeness (QED) is 0.801. The third-order valence-corrected chi connectivity index (χ3v) is 3.33. The summed E-state index contributed by atoms with van der Waals surface area (Å²) in [5.74, 6) is 0.783. The Kier molecular flexibility index (Phi) is 4.36. The van der Waals surface area contributed by atoms with Crippen molar-refractivity contribution in [1.82, 2.24) is 0 Å². The first kappa shape index (κ1) is 13.0. The number of aliphatic hydroxyl groups is 1. The molecule has 2 nitrogen and oxygen atoms in total. The van der Waals surface area contributed by atoms with Crippen molar-refractivity contribution in [2.45, 2.75) is 45.6 Å². The molecule has 0 heterocycles. The number of hydrogen-bond acceptors (Lipinski definition) is 2. The number of rotatable bonds is 5. The Balaban J connectivity index is 2.80. The molecule has 0 amide bonds. The first-order chi connectivity index (χ1) is 7.49. The van der Waals surface area contributed by atoms with Crippen LogP contribution in [-0.2, 0) is 5.60 Å². The minimum atomic E-state index is -0.801. The number of phenolic OH excluding ortho intramolecular Hbond substituents is 1. The van der Waals surface area contributed by atoms with Gasteiger partial charge in [-0.1, -0.05) is 38.8 Å². The van der Waals surface area contributed by atoms with Gasteiger partial charge in [0.05, 0.1) is 5.60 Å². The van der Waals surface area contributed by atoms with Crippen molar-refractivity contribution in [1.29, 1.82) is 0 Å². The Morgan fingerprint density at radius 3 is 2.06 bits per heavy atom. The fraction of sp³-hybridized carbons (Fsp3) is 0.571. The van der Waals surface area contributed by atoms with E-state index in [0.29, 0.717) is 5.92 Å². The van der Waals surface area contributed by atoms with E-state index in [1.165, 1.54) is 0 Å². The van der Waals surface area contributed by atoms with Crippen LogP contribution in [-0.4, -0.2) is 10.2 Å². The first-order valence-electron chi connectivity index (χ1n) is 6.01. The SMILES string of the molecule is CCC(CC)CC(C)(O)c1ccc(O)cc1. The van der Waals surface area contributed by atoms with Gasteiger partial charge < -0.3 is 10.2 Å². The maximum absolute atomic E-state index is 10.4. The van der Waals surface area contributed by atoms with Gasteiger partial charge in [-0.05, 0) is 37.0 Å². The predicted octanol–water partition coefficient (Wildman–Crippen LogP) is 3.43. The van der Waals surface area contributed by atoms with Crippen LogP contribution in [0.2, 0.25) is 0 Å². The predicted molar refractivity (Wildman–Crippen MR) is 66.4 cm³/mol. The summed E-state index contributed by atoms with van der Waals surface area (Å²) >= 11 is 0. The van der Waals surface area contributed by atoms with Crippen molar-refractivity contribution in [3.63, 3.8) is 0 Å². The van der Waals surface area contributed by atoms with Gasteiger partial charge in [0.25, 0.3) is 0 Å². The maximum Gasteiger partial charge on any atom is 0.115 e. The molecule has 2 heteroatoms. The monoisotopic (exact) mass is 222 g/mol. The van der Waals surface area contributed by atoms with Crippen LogP contribution in [0.5, 0.6) is 5.75 Å². The summed E-state index contributed by atoms with van der Waals surface area (Å²) in [5.41, 5.74) is 0.0712. The Bertz CT molecular complexity index is 310. The fourth-order valence-electron chi connectivity index (χ4n) is 2.08. The van der Waals surface area contributed by atoms with Gasteiger partial charge in [0.2, 0.25) is 0 Å². The van der Waals surface area contributed by atoms with E-state index in [1.54, 1.807) is 24.3 Å². The van der Waals surface area contributed by atoms with Crippen molar-refractivity contribution < 1.29 is 10.2 Å². The van der Waals surface area contributed by atoms with Gasteiger partial charge in [0.1, 0.15) is 5.75 Å². The van der Waals surface area contributed by atoms with Crippen LogP contribution in [0.4, 0.5) is 0 Å². The second-order valence-electron chi connectivity index (χ2n) is 4.71. The topological polar surface area (TPSA) is 40.5 Å². The highest BCUT2D eigenvalue weighted by atomic mass is 16.3. The summed E-state index contributed by atoms with van der Waals surface area (Å²) in [6, 6.07) is 6.82. The van der Waals surface area contributed by atoms with Crippen LogP contribution in [0.1, 0.15) is 45.6 Å². The highest BCUT2D eigenvalue weighted by Crippen LogP contribution is 2.31. The minimum absolute atomic E-state index is 0.238. The van der Waals surface area contributed by atoms with Gasteiger partial charge in [-0.2, -0.15) is 0 Å². The van der Waals surface area contributed by atoms with Crippen molar-refractivity contribution in [2.75, 3.05) is 0 Å². The zero-order valence-corrected chi connectivity index (χ0v) is 10.4. The molecule has 0 bridgehead atoms. The molecule has 90 valence electrons. The summed E-state index contributed by atoms with van der Waals surface area (Å²) < 4.78 is 0. The molecule has 0 spiro atoms. The summed E-state index contributed by atoms with van der Waals surface area (Å²) in [6.07, 6.45) is 2.94. The molecule has 1 aromatic rings. The lowest BCUT2D eigenvalue weighted by Crippen LogP contribution is -2.24. The number of benzene rings is 1. The second kappa shape index (κ2) is 5.35. The maximum atomic E-state index is 10.4. The van der Waals surface area contributed by atoms with Crippen molar-refractivity contribution in [2.24, 2.45) is 5.92 Å². The van der Waals surface area contributed by atoms with Crippen molar-refractivity contribution in [3.8, 4) is 5.75 Å². The van der Waals surface area contributed by atoms with E-state index in [0.717, 1.165) is 24.8 Å². The molecule has 0 aliphatic carbocycles. The largest absolute Gasteiger partial charge is 0.508 e. The highest BCUT2D eigenvalue weighted by molar-refractivity contribution is 5.29. The molecule has 1 unspecified atom stereocenters. The standard InChI is InChI=1S/C14H22O2/c1-4-11(5-2)10-14(3,16)12-6-8-13(15)9-7-12/h6-9,11,15-16H,4-5,10H2,1-3H3. The van der Waals surface area contributed by atoms with Gasteiger partial charge in [0, 0.05) is 0 Å². The smallest absolute Gasteiger partial charge is 0.115 e. The van der Waals surface area contributed by atoms with Gasteiger partial charge in [0.15, 0.2) is 0 Å². The van der Waals surface area contributed by atoms with Crippen LogP contribution in [0.15, 0.2) is 24.3 Å². The molecule has 0 aromatic heterocycles. The van der Waals surface area contributed by atoms with E-state index in [4.69, 9.17) is 0 Å². The molecule has 1 aromatic carbocycles. The van der Waals surface area contributed by atoms with E-state index in [1.807, 2.05) is 6.92 Å². The van der Waals surface area contributed by atoms with E-state index in [-0.39, 0.29) is 5.75 Å². The molecule has 0 saturated heterocycles. The molecule has 0 fully saturated rings. The Hall–Kier alpha value is -1.02. The summed E-state index contributed by atoms with van der Waals surface area (Å²) in [4.78, 5) is 0. The lowest BCUT2D eigenvalue weighted by atomic mass is 9.84. The zero-order chi connectivity index (χ0) is 12.2. The average molecular weight is 222 g/mol. The summed E-state index contributed by atoms with van der Waals surface area (Å²) in [7, 11) is 0. The number of phenols is 1. The molecule has 0 saturated carbocycles. The molecule has 1 rings (SSSR count). The molecule has 0 aliphatic heterocycles. The van der Waals surface area contributed by atoms with E-state index < -0.39 is 5.60 Å². The Morgan fingerprint density at radius 2 is 1.62 bits per heavy atom. The van der Waals surface area contributed by atoms with Gasteiger partial charge >= 0.3 is 0 Å². The molecular weight excluding hydrogens is 200 g/mol. The summed E-state index contributed by atoms with van der Waals surface area (Å²) in [5, 5.41) is 19.6. The lowest BCUT2D eigenvalue weighted by Gasteiger charge is -2.28. The van der Waals surface area contributed by atoms with E-state index in [9.17, 15) is 10.2 Å². The van der Waals surface area contributed by atoms with Gasteiger partial charge in [-0.3, -0.25) is 0 Å². The fourth-order valence-corrected chi connectivity index (χ4v) is 2.08. The molecule has 16 heavy (non-hydrogen) atoms. The van der Waals surface area contributed by atoms with Crippen molar-refractivity contribution in [3.05, 3.63) is 29.8 Å². The third-order valence-electron chi connectivity index (χ3n) is 3.33. The Labute approximate surface area is 97.9 Å². The Morgan fingerprint density at radius 1 is 1.12 bits per heavy atom. The average Bonchev–Trinajstić information content (AvgIpc) is 2.26. The van der Waals surface area contributed by atoms with Crippen LogP contribution in [0.25, 0.3) is 0 Å². The first-order valence-corrected chi connectivity index (χ1v) is 6.01. The normalized spacial score (nSPS) is 15.1. The van der Waals surface area contributed by atoms with E-state index in [2.05, 4.69) is 13.8 Å². The molecule has 2 N–H and O–H groups in total. The third kappa shape index (κ3) is 3.24. The van der Waals surface area contributed by atoms with E-state index >= 15 is 0 Å². The minimum Gasteiger partial charge on any atom is -0.508 e. The van der Waals surface area contributed by atoms with Crippen molar-refractivity contribution >= 4 is 0 Å². The molecule has 1 atom stereocenters. The second-order valence-corrected chi connectivity index (χ2v) is 4.71. The summed E-state index contributed by atoms with van der Waals surface area (Å²) in [6.45, 7) is 6.15. The van der Waals surface area contributed by atoms with Crippen LogP contribution in [0, 0.1) is 5.92 Å². The molecular formula is C14H22O2. The van der Waals surface area contributed by atoms with Gasteiger partial charge in [-0.15, -0.1) is 0 Å². The van der Waals surface area contributed by atoms with Gasteiger partial charge in [-0.25, -0.2) is 0 Å². The number of hydrogen-bond donors (Lipinski definition) is 2.